The van der Waals surface area contributed by atoms with Crippen LogP contribution in [0.25, 0.3) is 0 Å². The van der Waals surface area contributed by atoms with E-state index in [1.54, 1.807) is 11.1 Å². The number of allylic oxidation sites excluding steroid dienone is 10. The van der Waals surface area contributed by atoms with Gasteiger partial charge in [0.2, 0.25) is 0 Å². The molecule has 2 aliphatic rings. The molecule has 140 valence electrons. The summed E-state index contributed by atoms with van der Waals surface area (Å²) in [5.41, 5.74) is 5.72. The second-order valence-corrected chi connectivity index (χ2v) is 7.17. The molecule has 0 amide bonds. The standard InChI is InChI=1S/2C12H18.Ru/c2*1-11(2)10-12-8-6-4-3-5-7-9-12;/h2*3-4,9H,1,5-8,10H2,2H3;/b2*4-3-,12-9+;. The fourth-order valence-electron chi connectivity index (χ4n) is 3.08. The Morgan fingerprint density at radius 1 is 0.680 bits per heavy atom. The van der Waals surface area contributed by atoms with E-state index in [1.807, 2.05) is 0 Å². The van der Waals surface area contributed by atoms with Crippen LogP contribution in [0.4, 0.5) is 0 Å². The van der Waals surface area contributed by atoms with E-state index in [1.165, 1.54) is 62.5 Å². The van der Waals surface area contributed by atoms with Gasteiger partial charge in [0, 0.05) is 19.5 Å². The summed E-state index contributed by atoms with van der Waals surface area (Å²) in [6, 6.07) is 0. The van der Waals surface area contributed by atoms with Gasteiger partial charge in [0.05, 0.1) is 0 Å². The van der Waals surface area contributed by atoms with Crippen molar-refractivity contribution >= 4 is 0 Å². The predicted molar refractivity (Wildman–Crippen MR) is 110 cm³/mol. The Bertz CT molecular complexity index is 466. The summed E-state index contributed by atoms with van der Waals surface area (Å²) >= 11 is 0. The van der Waals surface area contributed by atoms with Gasteiger partial charge >= 0.3 is 0 Å². The van der Waals surface area contributed by atoms with Crippen molar-refractivity contribution < 1.29 is 19.5 Å². The van der Waals surface area contributed by atoms with Crippen LogP contribution in [0.15, 0.2) is 71.9 Å². The first-order valence-electron chi connectivity index (χ1n) is 9.52. The van der Waals surface area contributed by atoms with Crippen LogP contribution in [0, 0.1) is 0 Å². The summed E-state index contributed by atoms with van der Waals surface area (Å²) in [4.78, 5) is 0. The van der Waals surface area contributed by atoms with E-state index < -0.39 is 0 Å². The summed E-state index contributed by atoms with van der Waals surface area (Å²) in [6.45, 7) is 12.1. The van der Waals surface area contributed by atoms with Crippen LogP contribution < -0.4 is 0 Å². The van der Waals surface area contributed by atoms with E-state index in [0.717, 1.165) is 12.8 Å². The molecule has 0 saturated heterocycles. The van der Waals surface area contributed by atoms with Crippen molar-refractivity contribution in [1.29, 1.82) is 0 Å². The second kappa shape index (κ2) is 15.3. The molecule has 0 aliphatic heterocycles. The first-order chi connectivity index (χ1) is 11.6. The fourth-order valence-corrected chi connectivity index (χ4v) is 3.08. The Kier molecular flexibility index (Phi) is 14.8. The van der Waals surface area contributed by atoms with Crippen LogP contribution in [-0.2, 0) is 19.5 Å². The Morgan fingerprint density at radius 2 is 1.04 bits per heavy atom. The van der Waals surface area contributed by atoms with Crippen molar-refractivity contribution in [2.24, 2.45) is 0 Å². The van der Waals surface area contributed by atoms with Crippen LogP contribution in [0.3, 0.4) is 0 Å². The van der Waals surface area contributed by atoms with Crippen LogP contribution in [0.2, 0.25) is 0 Å². The molecule has 0 bridgehead atoms. The molecular weight excluding hydrogens is 389 g/mol. The van der Waals surface area contributed by atoms with Gasteiger partial charge in [-0.25, -0.2) is 0 Å². The minimum Gasteiger partial charge on any atom is -0.0998 e. The minimum atomic E-state index is 0. The van der Waals surface area contributed by atoms with Crippen molar-refractivity contribution in [3.8, 4) is 0 Å². The zero-order valence-electron chi connectivity index (χ0n) is 16.3. The molecule has 0 aromatic heterocycles. The number of rotatable bonds is 4. The fraction of sp³-hybridized carbons (Fsp3) is 0.500. The number of hydrogen-bond donors (Lipinski definition) is 0. The summed E-state index contributed by atoms with van der Waals surface area (Å²) in [5, 5.41) is 0. The molecule has 0 saturated carbocycles. The second-order valence-electron chi connectivity index (χ2n) is 7.17. The van der Waals surface area contributed by atoms with Gasteiger partial charge in [0.1, 0.15) is 0 Å². The van der Waals surface area contributed by atoms with Gasteiger partial charge < -0.3 is 0 Å². The van der Waals surface area contributed by atoms with Crippen LogP contribution in [0.1, 0.15) is 78.1 Å². The SMILES string of the molecule is C=C(C)C/C1=C/CC/C=C\CC1.C=C(C)C/C1=C/CC/C=C\CC1.[Ru]. The Labute approximate surface area is 169 Å². The molecule has 0 spiro atoms. The largest absolute Gasteiger partial charge is 0.0998 e. The molecule has 0 unspecified atom stereocenters. The van der Waals surface area contributed by atoms with E-state index in [-0.39, 0.29) is 19.5 Å². The molecule has 2 aliphatic carbocycles. The predicted octanol–water partition coefficient (Wildman–Crippen LogP) is 8.02. The normalized spacial score (nSPS) is 23.9. The van der Waals surface area contributed by atoms with Gasteiger partial charge in [-0.3, -0.25) is 0 Å². The molecule has 0 aromatic rings. The molecule has 2 rings (SSSR count). The van der Waals surface area contributed by atoms with E-state index in [0.29, 0.717) is 0 Å². The van der Waals surface area contributed by atoms with Gasteiger partial charge in [-0.15, -0.1) is 0 Å². The van der Waals surface area contributed by atoms with Crippen LogP contribution >= 0.6 is 0 Å². The minimum absolute atomic E-state index is 0. The topological polar surface area (TPSA) is 0 Å². The van der Waals surface area contributed by atoms with E-state index in [4.69, 9.17) is 0 Å². The van der Waals surface area contributed by atoms with Crippen LogP contribution in [-0.4, -0.2) is 0 Å². The monoisotopic (exact) mass is 426 g/mol. The van der Waals surface area contributed by atoms with Gasteiger partial charge in [0.25, 0.3) is 0 Å². The Hall–Kier alpha value is -0.937. The quantitative estimate of drug-likeness (QED) is 0.316. The van der Waals surface area contributed by atoms with Gasteiger partial charge in [-0.1, -0.05) is 71.9 Å². The van der Waals surface area contributed by atoms with E-state index >= 15 is 0 Å². The molecular formula is C24H36Ru. The third-order valence-corrected chi connectivity index (χ3v) is 4.19. The number of hydrogen-bond acceptors (Lipinski definition) is 0. The third kappa shape index (κ3) is 14.0. The molecule has 1 heteroatoms. The van der Waals surface area contributed by atoms with E-state index in [9.17, 15) is 0 Å². The molecule has 0 nitrogen and oxygen atoms in total. The van der Waals surface area contributed by atoms with Crippen molar-refractivity contribution in [3.05, 3.63) is 71.9 Å². The van der Waals surface area contributed by atoms with Gasteiger partial charge in [-0.2, -0.15) is 0 Å². The van der Waals surface area contributed by atoms with E-state index in [2.05, 4.69) is 63.5 Å². The first kappa shape index (κ1) is 24.1. The molecule has 0 radical (unpaired) electrons. The average molecular weight is 426 g/mol. The zero-order valence-corrected chi connectivity index (χ0v) is 18.0. The van der Waals surface area contributed by atoms with Gasteiger partial charge in [-0.05, 0) is 78.1 Å². The molecule has 0 fully saturated rings. The summed E-state index contributed by atoms with van der Waals surface area (Å²) in [6.07, 6.45) is 25.8. The molecule has 25 heavy (non-hydrogen) atoms. The third-order valence-electron chi connectivity index (χ3n) is 4.19. The Morgan fingerprint density at radius 3 is 1.40 bits per heavy atom. The molecule has 0 aromatic carbocycles. The van der Waals surface area contributed by atoms with Crippen molar-refractivity contribution in [2.45, 2.75) is 78.1 Å². The Balaban J connectivity index is 0.000000443. The van der Waals surface area contributed by atoms with Gasteiger partial charge in [0.15, 0.2) is 0 Å². The molecule has 0 heterocycles. The maximum atomic E-state index is 3.94. The molecule has 0 N–H and O–H groups in total. The summed E-state index contributed by atoms with van der Waals surface area (Å²) in [7, 11) is 0. The zero-order chi connectivity index (χ0) is 17.6. The van der Waals surface area contributed by atoms with Crippen molar-refractivity contribution in [3.63, 3.8) is 0 Å². The first-order valence-corrected chi connectivity index (χ1v) is 9.52. The maximum absolute atomic E-state index is 3.94. The van der Waals surface area contributed by atoms with Crippen LogP contribution in [0.5, 0.6) is 0 Å². The summed E-state index contributed by atoms with van der Waals surface area (Å²) in [5.74, 6) is 0. The smallest absolute Gasteiger partial charge is 0 e. The van der Waals surface area contributed by atoms with Crippen molar-refractivity contribution in [1.82, 2.24) is 0 Å². The average Bonchev–Trinajstić information content (AvgIpc) is 2.44. The summed E-state index contributed by atoms with van der Waals surface area (Å²) < 4.78 is 0. The molecule has 0 atom stereocenters. The van der Waals surface area contributed by atoms with Crippen molar-refractivity contribution in [2.75, 3.05) is 0 Å². The maximum Gasteiger partial charge on any atom is 0 e.